The van der Waals surface area contributed by atoms with Crippen molar-refractivity contribution in [2.45, 2.75) is 19.4 Å². The number of carboxylic acids is 1. The van der Waals surface area contributed by atoms with Crippen molar-refractivity contribution in [1.82, 2.24) is 10.1 Å². The van der Waals surface area contributed by atoms with E-state index in [-0.39, 0.29) is 17.7 Å². The van der Waals surface area contributed by atoms with E-state index in [4.69, 9.17) is 9.63 Å². The molecule has 1 saturated heterocycles. The summed E-state index contributed by atoms with van der Waals surface area (Å²) in [6.07, 6.45) is 0.460. The van der Waals surface area contributed by atoms with Crippen LogP contribution < -0.4 is 0 Å². The largest absolute Gasteiger partial charge is 0.481 e. The Morgan fingerprint density at radius 3 is 2.68 bits per heavy atom. The van der Waals surface area contributed by atoms with Crippen LogP contribution in [0.4, 0.5) is 0 Å². The van der Waals surface area contributed by atoms with Gasteiger partial charge in [-0.2, -0.15) is 0 Å². The molecule has 1 amide bonds. The van der Waals surface area contributed by atoms with Crippen LogP contribution in [0, 0.1) is 5.92 Å². The van der Waals surface area contributed by atoms with Gasteiger partial charge < -0.3 is 14.5 Å². The molecule has 1 aliphatic rings. The van der Waals surface area contributed by atoms with E-state index in [1.54, 1.807) is 13.0 Å². The summed E-state index contributed by atoms with van der Waals surface area (Å²) in [6.45, 7) is 2.16. The first kappa shape index (κ1) is 14.3. The molecule has 2 unspecified atom stereocenters. The quantitative estimate of drug-likeness (QED) is 0.940. The molecular weight excluding hydrogens is 284 g/mol. The van der Waals surface area contributed by atoms with Crippen LogP contribution in [0.25, 0.3) is 11.3 Å². The van der Waals surface area contributed by atoms with Crippen LogP contribution in [0.15, 0.2) is 40.9 Å². The maximum Gasteiger partial charge on any atom is 0.308 e. The highest BCUT2D eigenvalue weighted by molar-refractivity contribution is 5.93. The number of rotatable bonds is 3. The minimum Gasteiger partial charge on any atom is -0.481 e. The first-order valence-corrected chi connectivity index (χ1v) is 7.14. The Labute approximate surface area is 127 Å². The maximum atomic E-state index is 12.5. The number of nitrogens with zero attached hydrogens (tertiary/aromatic N) is 2. The molecule has 0 saturated carbocycles. The van der Waals surface area contributed by atoms with Crippen molar-refractivity contribution in [3.05, 3.63) is 42.2 Å². The topological polar surface area (TPSA) is 83.6 Å². The highest BCUT2D eigenvalue weighted by Crippen LogP contribution is 2.27. The molecule has 1 aliphatic heterocycles. The fourth-order valence-electron chi connectivity index (χ4n) is 2.82. The molecule has 6 heteroatoms. The molecule has 2 aromatic rings. The van der Waals surface area contributed by atoms with Gasteiger partial charge in [0.15, 0.2) is 0 Å². The number of hydrogen-bond donors (Lipinski definition) is 1. The highest BCUT2D eigenvalue weighted by atomic mass is 16.5. The number of carboxylic acid groups (broad SMARTS) is 1. The summed E-state index contributed by atoms with van der Waals surface area (Å²) in [5, 5.41) is 13.1. The number of benzene rings is 1. The lowest BCUT2D eigenvalue weighted by Gasteiger charge is -2.21. The maximum absolute atomic E-state index is 12.5. The van der Waals surface area contributed by atoms with Crippen LogP contribution in [-0.4, -0.2) is 39.6 Å². The van der Waals surface area contributed by atoms with Gasteiger partial charge in [-0.1, -0.05) is 35.5 Å². The van der Waals surface area contributed by atoms with E-state index >= 15 is 0 Å². The third kappa shape index (κ3) is 2.47. The predicted octanol–water partition coefficient (Wildman–Crippen LogP) is 2.28. The molecule has 114 valence electrons. The first-order valence-electron chi connectivity index (χ1n) is 7.14. The third-order valence-corrected chi connectivity index (χ3v) is 4.12. The zero-order chi connectivity index (χ0) is 15.7. The molecule has 0 spiro atoms. The summed E-state index contributed by atoms with van der Waals surface area (Å²) >= 11 is 0. The minimum absolute atomic E-state index is 0.136. The van der Waals surface area contributed by atoms with Crippen molar-refractivity contribution >= 4 is 11.9 Å². The summed E-state index contributed by atoms with van der Waals surface area (Å²) in [7, 11) is 0. The molecule has 0 bridgehead atoms. The van der Waals surface area contributed by atoms with Crippen molar-refractivity contribution in [2.75, 3.05) is 6.54 Å². The van der Waals surface area contributed by atoms with Crippen LogP contribution in [0.5, 0.6) is 0 Å². The fourth-order valence-corrected chi connectivity index (χ4v) is 2.82. The van der Waals surface area contributed by atoms with E-state index in [1.807, 2.05) is 30.3 Å². The normalized spacial score (nSPS) is 21.0. The van der Waals surface area contributed by atoms with E-state index in [0.717, 1.165) is 5.56 Å². The number of carbonyl (C=O) groups is 2. The van der Waals surface area contributed by atoms with Gasteiger partial charge in [-0.05, 0) is 13.3 Å². The Hall–Kier alpha value is -2.63. The molecule has 2 heterocycles. The smallest absolute Gasteiger partial charge is 0.308 e. The second kappa shape index (κ2) is 5.63. The number of likely N-dealkylation sites (tertiary alicyclic amines) is 1. The van der Waals surface area contributed by atoms with Gasteiger partial charge in [-0.15, -0.1) is 0 Å². The van der Waals surface area contributed by atoms with Gasteiger partial charge in [0.05, 0.1) is 5.92 Å². The molecule has 2 atom stereocenters. The van der Waals surface area contributed by atoms with Crippen molar-refractivity contribution in [3.63, 3.8) is 0 Å². The Morgan fingerprint density at radius 2 is 2.05 bits per heavy atom. The van der Waals surface area contributed by atoms with Gasteiger partial charge >= 0.3 is 5.97 Å². The molecule has 0 radical (unpaired) electrons. The number of hydrogen-bond acceptors (Lipinski definition) is 4. The standard InChI is InChI=1S/C16H16N2O4/c1-10-12(16(20)21)7-8-18(10)15(19)14-9-13(17-22-14)11-5-3-2-4-6-11/h2-6,9-10,12H,7-8H2,1H3,(H,20,21). The van der Waals surface area contributed by atoms with Crippen LogP contribution >= 0.6 is 0 Å². The second-order valence-electron chi connectivity index (χ2n) is 5.41. The lowest BCUT2D eigenvalue weighted by Crippen LogP contribution is -2.37. The van der Waals surface area contributed by atoms with Crippen LogP contribution in [0.2, 0.25) is 0 Å². The van der Waals surface area contributed by atoms with Gasteiger partial charge in [0, 0.05) is 24.2 Å². The lowest BCUT2D eigenvalue weighted by atomic mass is 10.0. The zero-order valence-electron chi connectivity index (χ0n) is 12.1. The molecule has 1 N–H and O–H groups in total. The molecule has 1 fully saturated rings. The molecule has 1 aromatic heterocycles. The van der Waals surface area contributed by atoms with Crippen molar-refractivity contribution in [2.24, 2.45) is 5.92 Å². The van der Waals surface area contributed by atoms with E-state index in [9.17, 15) is 9.59 Å². The average Bonchev–Trinajstić information content (AvgIpc) is 3.14. The number of carbonyl (C=O) groups excluding carboxylic acids is 1. The molecular formula is C16H16N2O4. The van der Waals surface area contributed by atoms with Crippen LogP contribution in [0.1, 0.15) is 23.9 Å². The first-order chi connectivity index (χ1) is 10.6. The minimum atomic E-state index is -0.870. The SMILES string of the molecule is CC1C(C(=O)O)CCN1C(=O)c1cc(-c2ccccc2)no1. The van der Waals surface area contributed by atoms with Gasteiger partial charge in [0.1, 0.15) is 5.69 Å². The van der Waals surface area contributed by atoms with Gasteiger partial charge in [0.2, 0.25) is 5.76 Å². The molecule has 6 nitrogen and oxygen atoms in total. The zero-order valence-corrected chi connectivity index (χ0v) is 12.1. The molecule has 0 aliphatic carbocycles. The fraction of sp³-hybridized carbons (Fsp3) is 0.312. The molecule has 22 heavy (non-hydrogen) atoms. The van der Waals surface area contributed by atoms with Crippen molar-refractivity contribution in [3.8, 4) is 11.3 Å². The van der Waals surface area contributed by atoms with Gasteiger partial charge in [-0.25, -0.2) is 0 Å². The number of amides is 1. The van der Waals surface area contributed by atoms with Gasteiger partial charge in [-0.3, -0.25) is 9.59 Å². The Kier molecular flexibility index (Phi) is 3.66. The van der Waals surface area contributed by atoms with Crippen LogP contribution in [0.3, 0.4) is 0 Å². The Balaban J connectivity index is 1.79. The second-order valence-corrected chi connectivity index (χ2v) is 5.41. The monoisotopic (exact) mass is 300 g/mol. The summed E-state index contributed by atoms with van der Waals surface area (Å²) in [4.78, 5) is 25.1. The van der Waals surface area contributed by atoms with E-state index in [2.05, 4.69) is 5.16 Å². The van der Waals surface area contributed by atoms with E-state index in [0.29, 0.717) is 18.7 Å². The summed E-state index contributed by atoms with van der Waals surface area (Å²) < 4.78 is 5.15. The highest BCUT2D eigenvalue weighted by Gasteiger charge is 2.39. The van der Waals surface area contributed by atoms with Gasteiger partial charge in [0.25, 0.3) is 5.91 Å². The van der Waals surface area contributed by atoms with E-state index in [1.165, 1.54) is 4.90 Å². The lowest BCUT2D eigenvalue weighted by molar-refractivity contribution is -0.142. The summed E-state index contributed by atoms with van der Waals surface area (Å²) in [5.74, 6) is -1.58. The molecule has 3 rings (SSSR count). The molecule has 1 aromatic carbocycles. The van der Waals surface area contributed by atoms with Crippen LogP contribution in [-0.2, 0) is 4.79 Å². The summed E-state index contributed by atoms with van der Waals surface area (Å²) in [5.41, 5.74) is 1.45. The Bertz CT molecular complexity index is 695. The summed E-state index contributed by atoms with van der Waals surface area (Å²) in [6, 6.07) is 10.7. The average molecular weight is 300 g/mol. The van der Waals surface area contributed by atoms with Crippen molar-refractivity contribution in [1.29, 1.82) is 0 Å². The van der Waals surface area contributed by atoms with E-state index < -0.39 is 11.9 Å². The third-order valence-electron chi connectivity index (χ3n) is 4.12. The predicted molar refractivity (Wildman–Crippen MR) is 78.2 cm³/mol. The number of aromatic nitrogens is 1. The Morgan fingerprint density at radius 1 is 1.32 bits per heavy atom. The number of aliphatic carboxylic acids is 1. The van der Waals surface area contributed by atoms with Crippen molar-refractivity contribution < 1.29 is 19.2 Å².